The van der Waals surface area contributed by atoms with Gasteiger partial charge in [0.1, 0.15) is 5.41 Å². The predicted octanol–water partition coefficient (Wildman–Crippen LogP) is 1.49. The molecule has 6 nitrogen and oxygen atoms in total. The lowest BCUT2D eigenvalue weighted by atomic mass is 9.73. The van der Waals surface area contributed by atoms with Crippen molar-refractivity contribution in [3.8, 4) is 0 Å². The number of carbonyl (C=O) groups is 1. The molecule has 1 saturated heterocycles. The summed E-state index contributed by atoms with van der Waals surface area (Å²) in [5.41, 5.74) is 0.000676. The number of aromatic nitrogens is 2. The molecule has 2 heterocycles. The first-order valence-electron chi connectivity index (χ1n) is 7.94. The summed E-state index contributed by atoms with van der Waals surface area (Å²) in [6.45, 7) is 5.93. The van der Waals surface area contributed by atoms with Crippen molar-refractivity contribution < 1.29 is 15.0 Å². The van der Waals surface area contributed by atoms with E-state index in [1.165, 1.54) is 0 Å². The third-order valence-electron chi connectivity index (χ3n) is 4.76. The number of likely N-dealkylation sites (tertiary alicyclic amines) is 1. The van der Waals surface area contributed by atoms with Crippen LogP contribution in [0.3, 0.4) is 0 Å². The fourth-order valence-corrected chi connectivity index (χ4v) is 3.17. The maximum absolute atomic E-state index is 11.9. The minimum atomic E-state index is -1.05. The standard InChI is InChI=1S/C16H27N3O3/c1-12(2)4-6-16(15(21)22)10-19(7-5-14(16)20)9-13-8-17-11-18(13)3/h8,11-12,14,20H,4-7,9-10H2,1-3H3,(H,21,22)/t14-,16+/m0/s1. The van der Waals surface area contributed by atoms with Gasteiger partial charge in [-0.05, 0) is 25.2 Å². The normalized spacial score (nSPS) is 26.5. The van der Waals surface area contributed by atoms with E-state index in [0.717, 1.165) is 12.1 Å². The Bertz CT molecular complexity index is 514. The summed E-state index contributed by atoms with van der Waals surface area (Å²) in [7, 11) is 1.93. The number of nitrogens with zero attached hydrogens (tertiary/aromatic N) is 3. The summed E-state index contributed by atoms with van der Waals surface area (Å²) in [6, 6.07) is 0. The third kappa shape index (κ3) is 3.50. The molecule has 0 bridgehead atoms. The van der Waals surface area contributed by atoms with Crippen LogP contribution >= 0.6 is 0 Å². The maximum atomic E-state index is 11.9. The molecular weight excluding hydrogens is 282 g/mol. The second-order valence-corrected chi connectivity index (χ2v) is 6.90. The van der Waals surface area contributed by atoms with E-state index >= 15 is 0 Å². The number of aliphatic hydroxyl groups excluding tert-OH is 1. The van der Waals surface area contributed by atoms with Crippen molar-refractivity contribution >= 4 is 5.97 Å². The summed E-state index contributed by atoms with van der Waals surface area (Å²) >= 11 is 0. The zero-order chi connectivity index (χ0) is 16.3. The highest BCUT2D eigenvalue weighted by Crippen LogP contribution is 2.37. The van der Waals surface area contributed by atoms with Crippen LogP contribution < -0.4 is 0 Å². The van der Waals surface area contributed by atoms with E-state index in [0.29, 0.717) is 38.4 Å². The van der Waals surface area contributed by atoms with Crippen LogP contribution in [0.25, 0.3) is 0 Å². The molecule has 6 heteroatoms. The molecular formula is C16H27N3O3. The van der Waals surface area contributed by atoms with Crippen LogP contribution in [0.4, 0.5) is 0 Å². The second-order valence-electron chi connectivity index (χ2n) is 6.90. The van der Waals surface area contributed by atoms with Crippen molar-refractivity contribution in [1.82, 2.24) is 14.5 Å². The van der Waals surface area contributed by atoms with Crippen LogP contribution in [0.15, 0.2) is 12.5 Å². The molecule has 0 saturated carbocycles. The average Bonchev–Trinajstić information content (AvgIpc) is 2.84. The molecule has 0 spiro atoms. The number of hydrogen-bond acceptors (Lipinski definition) is 4. The largest absolute Gasteiger partial charge is 0.481 e. The molecule has 0 amide bonds. The SMILES string of the molecule is CC(C)CC[C@@]1(C(=O)O)CN(Cc2cncn2C)CC[C@@H]1O. The monoisotopic (exact) mass is 309 g/mol. The molecule has 0 unspecified atom stereocenters. The molecule has 124 valence electrons. The Morgan fingerprint density at radius 3 is 2.82 bits per heavy atom. The number of carboxylic acids is 1. The van der Waals surface area contributed by atoms with Crippen LogP contribution in [-0.4, -0.2) is 49.8 Å². The Hall–Kier alpha value is -1.40. The number of rotatable bonds is 6. The Morgan fingerprint density at radius 1 is 1.55 bits per heavy atom. The Kier molecular flexibility index (Phi) is 5.24. The van der Waals surface area contributed by atoms with E-state index in [1.54, 1.807) is 6.33 Å². The van der Waals surface area contributed by atoms with Gasteiger partial charge in [0.15, 0.2) is 0 Å². The van der Waals surface area contributed by atoms with Gasteiger partial charge in [-0.3, -0.25) is 9.69 Å². The van der Waals surface area contributed by atoms with E-state index in [9.17, 15) is 15.0 Å². The van der Waals surface area contributed by atoms with E-state index in [1.807, 2.05) is 17.8 Å². The van der Waals surface area contributed by atoms with Crippen molar-refractivity contribution in [2.24, 2.45) is 18.4 Å². The Labute approximate surface area is 131 Å². The fraction of sp³-hybridized carbons (Fsp3) is 0.750. The van der Waals surface area contributed by atoms with E-state index in [2.05, 4.69) is 23.7 Å². The maximum Gasteiger partial charge on any atom is 0.313 e. The van der Waals surface area contributed by atoms with Crippen molar-refractivity contribution in [3.63, 3.8) is 0 Å². The molecule has 22 heavy (non-hydrogen) atoms. The molecule has 1 aliphatic rings. The highest BCUT2D eigenvalue weighted by Gasteiger charge is 2.48. The lowest BCUT2D eigenvalue weighted by Gasteiger charge is -2.43. The van der Waals surface area contributed by atoms with Crippen molar-refractivity contribution in [3.05, 3.63) is 18.2 Å². The second kappa shape index (κ2) is 6.79. The van der Waals surface area contributed by atoms with Crippen molar-refractivity contribution in [2.45, 2.75) is 45.8 Å². The topological polar surface area (TPSA) is 78.6 Å². The molecule has 0 radical (unpaired) electrons. The lowest BCUT2D eigenvalue weighted by molar-refractivity contribution is -0.165. The minimum absolute atomic E-state index is 0.390. The number of aliphatic hydroxyl groups is 1. The van der Waals surface area contributed by atoms with E-state index in [4.69, 9.17) is 0 Å². The van der Waals surface area contributed by atoms with Crippen molar-refractivity contribution in [2.75, 3.05) is 13.1 Å². The first-order chi connectivity index (χ1) is 10.3. The molecule has 1 fully saturated rings. The average molecular weight is 309 g/mol. The van der Waals surface area contributed by atoms with E-state index < -0.39 is 17.5 Å². The van der Waals surface area contributed by atoms with Gasteiger partial charge in [-0.25, -0.2) is 4.98 Å². The predicted molar refractivity (Wildman–Crippen MR) is 83.2 cm³/mol. The van der Waals surface area contributed by atoms with Gasteiger partial charge in [0.05, 0.1) is 18.1 Å². The molecule has 1 aromatic heterocycles. The van der Waals surface area contributed by atoms with Gasteiger partial charge in [-0.2, -0.15) is 0 Å². The van der Waals surface area contributed by atoms with Gasteiger partial charge in [0.2, 0.25) is 0 Å². The number of carboxylic acid groups (broad SMARTS) is 1. The lowest BCUT2D eigenvalue weighted by Crippen LogP contribution is -2.55. The summed E-state index contributed by atoms with van der Waals surface area (Å²) in [4.78, 5) is 18.1. The summed E-state index contributed by atoms with van der Waals surface area (Å²) in [5.74, 6) is -0.453. The number of imidazole rings is 1. The smallest absolute Gasteiger partial charge is 0.313 e. The first kappa shape index (κ1) is 17.0. The van der Waals surface area contributed by atoms with Crippen LogP contribution in [0, 0.1) is 11.3 Å². The Morgan fingerprint density at radius 2 is 2.27 bits per heavy atom. The molecule has 0 aliphatic carbocycles. The highest BCUT2D eigenvalue weighted by molar-refractivity contribution is 5.76. The summed E-state index contributed by atoms with van der Waals surface area (Å²) < 4.78 is 1.95. The van der Waals surface area contributed by atoms with Gasteiger partial charge in [-0.1, -0.05) is 13.8 Å². The van der Waals surface area contributed by atoms with Crippen molar-refractivity contribution in [1.29, 1.82) is 0 Å². The van der Waals surface area contributed by atoms with Gasteiger partial charge in [0.25, 0.3) is 0 Å². The molecule has 2 atom stereocenters. The zero-order valence-electron chi connectivity index (χ0n) is 13.7. The van der Waals surface area contributed by atoms with Crippen LogP contribution in [0.5, 0.6) is 0 Å². The van der Waals surface area contributed by atoms with Gasteiger partial charge < -0.3 is 14.8 Å². The van der Waals surface area contributed by atoms with Gasteiger partial charge in [-0.15, -0.1) is 0 Å². The third-order valence-corrected chi connectivity index (χ3v) is 4.76. The number of aryl methyl sites for hydroxylation is 1. The Balaban J connectivity index is 2.13. The summed E-state index contributed by atoms with van der Waals surface area (Å²) in [6.07, 6.45) is 4.61. The molecule has 2 rings (SSSR count). The molecule has 1 aromatic rings. The van der Waals surface area contributed by atoms with Crippen LogP contribution in [0.1, 0.15) is 38.8 Å². The van der Waals surface area contributed by atoms with Gasteiger partial charge >= 0.3 is 5.97 Å². The fourth-order valence-electron chi connectivity index (χ4n) is 3.17. The number of piperidine rings is 1. The van der Waals surface area contributed by atoms with Crippen LogP contribution in [0.2, 0.25) is 0 Å². The van der Waals surface area contributed by atoms with E-state index in [-0.39, 0.29) is 0 Å². The van der Waals surface area contributed by atoms with Crippen LogP contribution in [-0.2, 0) is 18.4 Å². The number of aliphatic carboxylic acids is 1. The molecule has 0 aromatic carbocycles. The quantitative estimate of drug-likeness (QED) is 0.832. The number of hydrogen-bond donors (Lipinski definition) is 2. The highest BCUT2D eigenvalue weighted by atomic mass is 16.4. The summed E-state index contributed by atoms with van der Waals surface area (Å²) in [5, 5.41) is 20.1. The molecule has 1 aliphatic heterocycles. The molecule has 2 N–H and O–H groups in total. The zero-order valence-corrected chi connectivity index (χ0v) is 13.7. The van der Waals surface area contributed by atoms with Gasteiger partial charge in [0, 0.05) is 32.9 Å². The first-order valence-corrected chi connectivity index (χ1v) is 7.94. The minimum Gasteiger partial charge on any atom is -0.481 e.